The van der Waals surface area contributed by atoms with Crippen LogP contribution >= 0.6 is 0 Å². The summed E-state index contributed by atoms with van der Waals surface area (Å²) in [4.78, 5) is 16.4. The van der Waals surface area contributed by atoms with Crippen molar-refractivity contribution in [3.8, 4) is 0 Å². The molecule has 0 aromatic rings. The molecule has 2 rings (SSSR count). The summed E-state index contributed by atoms with van der Waals surface area (Å²) in [6.45, 7) is 11.7. The summed E-state index contributed by atoms with van der Waals surface area (Å²) in [5.74, 6) is 0.967. The Morgan fingerprint density at radius 1 is 1.14 bits per heavy atom. The Morgan fingerprint density at radius 2 is 1.76 bits per heavy atom. The van der Waals surface area contributed by atoms with Crippen LogP contribution in [0, 0.1) is 5.92 Å². The fraction of sp³-hybridized carbons (Fsp3) is 0.938. The maximum Gasteiger partial charge on any atom is 0.222 e. The summed E-state index contributed by atoms with van der Waals surface area (Å²) in [6.07, 6.45) is 3.36. The lowest BCUT2D eigenvalue weighted by Gasteiger charge is -2.36. The quantitative estimate of drug-likeness (QED) is 0.793. The topological polar surface area (TPSA) is 55.8 Å². The molecule has 0 aromatic carbocycles. The van der Waals surface area contributed by atoms with Gasteiger partial charge < -0.3 is 20.2 Å². The zero-order valence-corrected chi connectivity index (χ0v) is 13.8. The van der Waals surface area contributed by atoms with Gasteiger partial charge in [-0.15, -0.1) is 0 Å². The number of likely N-dealkylation sites (tertiary alicyclic amines) is 1. The van der Waals surface area contributed by atoms with Crippen LogP contribution in [0.5, 0.6) is 0 Å². The van der Waals surface area contributed by atoms with Gasteiger partial charge in [0.15, 0.2) is 0 Å². The lowest BCUT2D eigenvalue weighted by molar-refractivity contribution is -0.132. The van der Waals surface area contributed by atoms with E-state index in [-0.39, 0.29) is 12.5 Å². The van der Waals surface area contributed by atoms with Crippen molar-refractivity contribution >= 4 is 5.91 Å². The summed E-state index contributed by atoms with van der Waals surface area (Å²) in [5.41, 5.74) is 0. The molecule has 124 valence electrons. The maximum atomic E-state index is 11.8. The Morgan fingerprint density at radius 3 is 2.33 bits per heavy atom. The fourth-order valence-electron chi connectivity index (χ4n) is 3.01. The van der Waals surface area contributed by atoms with Gasteiger partial charge in [-0.05, 0) is 25.2 Å². The van der Waals surface area contributed by atoms with Crippen LogP contribution in [0.4, 0.5) is 0 Å². The molecule has 0 spiro atoms. The molecule has 2 N–H and O–H groups in total. The standard InChI is InChI=1S/C14H27N3O2.C2H6/c18-11-1-2-14(19)17-7-3-13(4-8-17)12-16-9-5-15-6-10-16;1-2/h13,15,18H,1-12H2;1-2H3. The second-order valence-corrected chi connectivity index (χ2v) is 5.70. The van der Waals surface area contributed by atoms with Crippen LogP contribution in [0.3, 0.4) is 0 Å². The largest absolute Gasteiger partial charge is 0.396 e. The van der Waals surface area contributed by atoms with Crippen LogP contribution in [0.25, 0.3) is 0 Å². The van der Waals surface area contributed by atoms with Gasteiger partial charge in [0, 0.05) is 58.8 Å². The van der Waals surface area contributed by atoms with E-state index in [1.54, 1.807) is 0 Å². The molecule has 0 aromatic heterocycles. The van der Waals surface area contributed by atoms with Crippen LogP contribution in [0.1, 0.15) is 39.5 Å². The minimum atomic E-state index is 0.116. The number of aliphatic hydroxyl groups is 1. The van der Waals surface area contributed by atoms with E-state index in [9.17, 15) is 4.79 Å². The van der Waals surface area contributed by atoms with Crippen molar-refractivity contribution in [1.82, 2.24) is 15.1 Å². The molecule has 0 bridgehead atoms. The first kappa shape index (κ1) is 18.4. The Balaban J connectivity index is 0.00000106. The van der Waals surface area contributed by atoms with Gasteiger partial charge in [0.2, 0.25) is 5.91 Å². The third-order valence-corrected chi connectivity index (χ3v) is 4.24. The molecule has 21 heavy (non-hydrogen) atoms. The number of piperidine rings is 1. The van der Waals surface area contributed by atoms with Gasteiger partial charge in [0.25, 0.3) is 0 Å². The zero-order chi connectivity index (χ0) is 15.5. The van der Waals surface area contributed by atoms with Crippen LogP contribution in [0.15, 0.2) is 0 Å². The van der Waals surface area contributed by atoms with Gasteiger partial charge >= 0.3 is 0 Å². The average Bonchev–Trinajstić information content (AvgIpc) is 2.56. The van der Waals surface area contributed by atoms with E-state index in [4.69, 9.17) is 5.11 Å². The highest BCUT2D eigenvalue weighted by Gasteiger charge is 2.24. The van der Waals surface area contributed by atoms with Crippen LogP contribution in [-0.4, -0.2) is 73.2 Å². The van der Waals surface area contributed by atoms with Crippen molar-refractivity contribution in [1.29, 1.82) is 0 Å². The average molecular weight is 299 g/mol. The van der Waals surface area contributed by atoms with Crippen LogP contribution in [-0.2, 0) is 4.79 Å². The number of nitrogens with one attached hydrogen (secondary N) is 1. The number of nitrogens with zero attached hydrogens (tertiary/aromatic N) is 2. The van der Waals surface area contributed by atoms with Gasteiger partial charge in [-0.3, -0.25) is 4.79 Å². The molecule has 0 aliphatic carbocycles. The van der Waals surface area contributed by atoms with Gasteiger partial charge in [0.1, 0.15) is 0 Å². The summed E-state index contributed by atoms with van der Waals surface area (Å²) >= 11 is 0. The number of amides is 1. The lowest BCUT2D eigenvalue weighted by Crippen LogP contribution is -2.47. The molecule has 2 aliphatic heterocycles. The zero-order valence-electron chi connectivity index (χ0n) is 13.8. The van der Waals surface area contributed by atoms with E-state index in [0.717, 1.165) is 58.0 Å². The maximum absolute atomic E-state index is 11.8. The summed E-state index contributed by atoms with van der Waals surface area (Å²) < 4.78 is 0. The van der Waals surface area contributed by atoms with Crippen LogP contribution < -0.4 is 5.32 Å². The van der Waals surface area contributed by atoms with E-state index in [2.05, 4.69) is 10.2 Å². The second kappa shape index (κ2) is 11.0. The van der Waals surface area contributed by atoms with E-state index < -0.39 is 0 Å². The Hall–Kier alpha value is -0.650. The first-order valence-electron chi connectivity index (χ1n) is 8.61. The molecule has 2 fully saturated rings. The minimum absolute atomic E-state index is 0.116. The van der Waals surface area contributed by atoms with Gasteiger partial charge in [-0.2, -0.15) is 0 Å². The molecular formula is C16H33N3O2. The van der Waals surface area contributed by atoms with Crippen molar-refractivity contribution in [3.05, 3.63) is 0 Å². The third-order valence-electron chi connectivity index (χ3n) is 4.24. The van der Waals surface area contributed by atoms with Crippen molar-refractivity contribution in [2.75, 3.05) is 52.4 Å². The molecular weight excluding hydrogens is 266 g/mol. The number of piperazine rings is 1. The van der Waals surface area contributed by atoms with E-state index in [1.165, 1.54) is 6.54 Å². The predicted molar refractivity (Wildman–Crippen MR) is 86.3 cm³/mol. The van der Waals surface area contributed by atoms with Crippen LogP contribution in [0.2, 0.25) is 0 Å². The van der Waals surface area contributed by atoms with E-state index >= 15 is 0 Å². The highest BCUT2D eigenvalue weighted by molar-refractivity contribution is 5.76. The van der Waals surface area contributed by atoms with Crippen molar-refractivity contribution in [3.63, 3.8) is 0 Å². The van der Waals surface area contributed by atoms with Crippen molar-refractivity contribution in [2.45, 2.75) is 39.5 Å². The normalized spacial score (nSPS) is 20.8. The van der Waals surface area contributed by atoms with E-state index in [0.29, 0.717) is 12.8 Å². The Labute approximate surface area is 129 Å². The molecule has 5 nitrogen and oxygen atoms in total. The molecule has 0 atom stereocenters. The second-order valence-electron chi connectivity index (χ2n) is 5.70. The number of hydrogen-bond donors (Lipinski definition) is 2. The van der Waals surface area contributed by atoms with Gasteiger partial charge in [-0.1, -0.05) is 13.8 Å². The van der Waals surface area contributed by atoms with Gasteiger partial charge in [-0.25, -0.2) is 0 Å². The van der Waals surface area contributed by atoms with Gasteiger partial charge in [0.05, 0.1) is 0 Å². The smallest absolute Gasteiger partial charge is 0.222 e. The molecule has 5 heteroatoms. The van der Waals surface area contributed by atoms with E-state index in [1.807, 2.05) is 18.7 Å². The predicted octanol–water partition coefficient (Wildman–Crippen LogP) is 0.929. The molecule has 2 heterocycles. The number of hydrogen-bond acceptors (Lipinski definition) is 4. The Kier molecular flexibility index (Phi) is 9.63. The molecule has 2 saturated heterocycles. The van der Waals surface area contributed by atoms with Crippen molar-refractivity contribution < 1.29 is 9.90 Å². The monoisotopic (exact) mass is 299 g/mol. The molecule has 2 aliphatic rings. The first-order chi connectivity index (χ1) is 10.3. The molecule has 1 amide bonds. The molecule has 0 unspecified atom stereocenters. The summed E-state index contributed by atoms with van der Waals surface area (Å²) in [6, 6.07) is 0. The number of carbonyl (C=O) groups is 1. The SMILES string of the molecule is CC.O=C(CCCO)N1CCC(CN2CCNCC2)CC1. The molecule has 0 saturated carbocycles. The van der Waals surface area contributed by atoms with Crippen molar-refractivity contribution in [2.24, 2.45) is 5.92 Å². The fourth-order valence-corrected chi connectivity index (χ4v) is 3.01. The summed E-state index contributed by atoms with van der Waals surface area (Å²) in [5, 5.41) is 12.1. The first-order valence-corrected chi connectivity index (χ1v) is 8.61. The summed E-state index contributed by atoms with van der Waals surface area (Å²) in [7, 11) is 0. The third kappa shape index (κ3) is 6.76. The Bertz CT molecular complexity index is 273. The highest BCUT2D eigenvalue weighted by Crippen LogP contribution is 2.19. The molecule has 0 radical (unpaired) electrons. The number of rotatable bonds is 5. The highest BCUT2D eigenvalue weighted by atomic mass is 16.3. The number of aliphatic hydroxyl groups excluding tert-OH is 1. The number of carbonyl (C=O) groups excluding carboxylic acids is 1. The minimum Gasteiger partial charge on any atom is -0.396 e. The lowest BCUT2D eigenvalue weighted by atomic mass is 9.95.